The van der Waals surface area contributed by atoms with E-state index in [0.717, 1.165) is 81.1 Å². The summed E-state index contributed by atoms with van der Waals surface area (Å²) in [6.07, 6.45) is 9.95. The number of unbranched alkanes of at least 4 members (excludes halogenated alkanes) is 1. The van der Waals surface area contributed by atoms with E-state index in [1.54, 1.807) is 9.36 Å². The monoisotopic (exact) mass is 1160 g/mol. The Morgan fingerprint density at radius 3 is 1.55 bits per heavy atom. The number of carbonyl (C=O) groups excluding carboxylic acids is 3. The molecule has 0 bridgehead atoms. The summed E-state index contributed by atoms with van der Waals surface area (Å²) in [7, 11) is 0. The summed E-state index contributed by atoms with van der Waals surface area (Å²) in [5, 5.41) is 38.7. The third-order valence-electron chi connectivity index (χ3n) is 15.7. The minimum absolute atomic E-state index is 0.0177. The van der Waals surface area contributed by atoms with Crippen LogP contribution in [-0.2, 0) is 63.2 Å². The highest BCUT2D eigenvalue weighted by Crippen LogP contribution is 2.37. The molecule has 448 valence electrons. The van der Waals surface area contributed by atoms with Gasteiger partial charge in [-0.3, -0.25) is 24.0 Å². The molecule has 4 heterocycles. The van der Waals surface area contributed by atoms with Gasteiger partial charge < -0.3 is 15.5 Å². The number of amides is 3. The molecule has 0 saturated carbocycles. The van der Waals surface area contributed by atoms with Gasteiger partial charge in [-0.25, -0.2) is 9.36 Å². The molecule has 3 amide bonds. The summed E-state index contributed by atoms with van der Waals surface area (Å²) in [5.74, 6) is 0.165. The number of nitrogens with one attached hydrogen (secondary N) is 2. The van der Waals surface area contributed by atoms with Crippen molar-refractivity contribution >= 4 is 50.0 Å². The van der Waals surface area contributed by atoms with E-state index in [9.17, 15) is 14.4 Å². The minimum Gasteiger partial charge on any atom is -0.356 e. The number of piperazine rings is 1. The fourth-order valence-electron chi connectivity index (χ4n) is 10.7. The topological polar surface area (TPSA) is 174 Å². The van der Waals surface area contributed by atoms with Crippen LogP contribution in [0.25, 0.3) is 32.3 Å². The van der Waals surface area contributed by atoms with Crippen molar-refractivity contribution in [1.82, 2.24) is 65.4 Å². The zero-order valence-electron chi connectivity index (χ0n) is 51.7. The number of carbonyl (C=O) groups is 3. The Bertz CT molecular complexity index is 3710. The molecule has 16 nitrogen and oxygen atoms in total. The Kier molecular flexibility index (Phi) is 20.2. The molecular weight excluding hydrogens is 1070 g/mol. The molecule has 0 spiro atoms. The maximum Gasteiger partial charge on any atom is 0.244 e. The second-order valence-corrected chi connectivity index (χ2v) is 25.6. The highest BCUT2D eigenvalue weighted by atomic mass is 16.2. The number of hydrogen-bond donors (Lipinski definition) is 2. The molecule has 0 atom stereocenters. The molecule has 3 aromatic heterocycles. The summed E-state index contributed by atoms with van der Waals surface area (Å²) in [4.78, 5) is 41.5. The molecule has 0 aliphatic carbocycles. The number of rotatable bonds is 18. The lowest BCUT2D eigenvalue weighted by Crippen LogP contribution is -2.50. The van der Waals surface area contributed by atoms with Crippen molar-refractivity contribution in [3.8, 4) is 0 Å². The number of nitrogens with zero attached hydrogens (tertiary/aromatic N) is 11. The third-order valence-corrected chi connectivity index (χ3v) is 15.7. The normalized spacial score (nSPS) is 13.2. The summed E-state index contributed by atoms with van der Waals surface area (Å²) in [6.45, 7) is 24.5. The molecule has 0 unspecified atom stereocenters. The van der Waals surface area contributed by atoms with Crippen molar-refractivity contribution in [2.75, 3.05) is 32.7 Å². The molecule has 1 aliphatic rings. The average molecular weight is 1160 g/mol. The van der Waals surface area contributed by atoms with Gasteiger partial charge in [0.15, 0.2) is 0 Å². The molecule has 1 fully saturated rings. The van der Waals surface area contributed by atoms with Crippen LogP contribution in [0, 0.1) is 0 Å². The standard InChI is InChI=1S/C30H34N4O.C25H31N5O.C15H20N4O/c1-30(2,3)26-20-34(33-32-26)19-5-4-18-31-27(35)11-7-8-21-12-13-24-15-14-22-9-6-10-23-16-17-25(21)29(24)28(22)23;1-25(2,3)22-18-30(27-26-22)19-23(31)28-14-16-29(17-15-28)24(20-10-6-4-7-11-20)21-12-8-5-9-13-21;1-15(2,3)13-10-19(18-17-13)11-14(20)16-9-12-7-5-4-6-8-12/h6,9-10,12-17,20H,4-5,7-8,11,18-19H2,1-3H3,(H,31,35);4-13,18,24H,14-17,19H2,1-3H3;4-8,10H,9,11H2,1-3H3,(H,16,20). The van der Waals surface area contributed by atoms with Crippen molar-refractivity contribution in [2.45, 2.75) is 143 Å². The summed E-state index contributed by atoms with van der Waals surface area (Å²) < 4.78 is 5.13. The summed E-state index contributed by atoms with van der Waals surface area (Å²) in [6, 6.07) is 51.1. The Balaban J connectivity index is 0.000000160. The predicted molar refractivity (Wildman–Crippen MR) is 343 cm³/mol. The molecule has 86 heavy (non-hydrogen) atoms. The first-order chi connectivity index (χ1) is 41.3. The quantitative estimate of drug-likeness (QED) is 0.0622. The number of aromatic nitrogens is 9. The lowest BCUT2D eigenvalue weighted by molar-refractivity contribution is -0.134. The van der Waals surface area contributed by atoms with Gasteiger partial charge in [0.05, 0.1) is 23.1 Å². The van der Waals surface area contributed by atoms with Gasteiger partial charge in [-0.15, -0.1) is 15.3 Å². The number of aryl methyl sites for hydroxylation is 2. The van der Waals surface area contributed by atoms with Crippen LogP contribution in [-0.4, -0.2) is 105 Å². The zero-order valence-corrected chi connectivity index (χ0v) is 51.7. The minimum atomic E-state index is -0.0726. The van der Waals surface area contributed by atoms with Crippen LogP contribution in [0.1, 0.15) is 133 Å². The highest BCUT2D eigenvalue weighted by molar-refractivity contribution is 6.23. The Morgan fingerprint density at radius 1 is 0.488 bits per heavy atom. The molecule has 2 N–H and O–H groups in total. The number of hydrogen-bond acceptors (Lipinski definition) is 10. The maximum absolute atomic E-state index is 12.9. The van der Waals surface area contributed by atoms with Gasteiger partial charge in [0.1, 0.15) is 13.1 Å². The van der Waals surface area contributed by atoms with Gasteiger partial charge in [-0.1, -0.05) is 224 Å². The Labute approximate surface area is 506 Å². The van der Waals surface area contributed by atoms with Crippen LogP contribution in [0.3, 0.4) is 0 Å². The van der Waals surface area contributed by atoms with Crippen LogP contribution < -0.4 is 10.6 Å². The van der Waals surface area contributed by atoms with Crippen molar-refractivity contribution in [3.63, 3.8) is 0 Å². The molecule has 10 aromatic rings. The van der Waals surface area contributed by atoms with Gasteiger partial charge >= 0.3 is 0 Å². The van der Waals surface area contributed by atoms with Crippen LogP contribution in [0.15, 0.2) is 164 Å². The lowest BCUT2D eigenvalue weighted by Gasteiger charge is -2.39. The van der Waals surface area contributed by atoms with E-state index in [0.29, 0.717) is 19.5 Å². The Morgan fingerprint density at radius 2 is 0.988 bits per heavy atom. The molecule has 1 saturated heterocycles. The number of benzene rings is 7. The maximum atomic E-state index is 12.9. The zero-order chi connectivity index (χ0) is 60.8. The summed E-state index contributed by atoms with van der Waals surface area (Å²) >= 11 is 0. The van der Waals surface area contributed by atoms with Gasteiger partial charge in [-0.05, 0) is 80.3 Å². The third kappa shape index (κ3) is 16.6. The second kappa shape index (κ2) is 28.0. The van der Waals surface area contributed by atoms with E-state index in [2.05, 4.69) is 224 Å². The van der Waals surface area contributed by atoms with Gasteiger partial charge in [-0.2, -0.15) is 0 Å². The highest BCUT2D eigenvalue weighted by Gasteiger charge is 2.29. The molecular formula is C70H85N13O3. The van der Waals surface area contributed by atoms with Crippen LogP contribution >= 0.6 is 0 Å². The van der Waals surface area contributed by atoms with E-state index in [4.69, 9.17) is 0 Å². The molecule has 11 rings (SSSR count). The molecule has 0 radical (unpaired) electrons. The predicted octanol–water partition coefficient (Wildman–Crippen LogP) is 11.8. The smallest absolute Gasteiger partial charge is 0.244 e. The van der Waals surface area contributed by atoms with E-state index >= 15 is 0 Å². The van der Waals surface area contributed by atoms with Crippen LogP contribution in [0.5, 0.6) is 0 Å². The second-order valence-electron chi connectivity index (χ2n) is 25.6. The first-order valence-electron chi connectivity index (χ1n) is 30.3. The fourth-order valence-corrected chi connectivity index (χ4v) is 10.7. The van der Waals surface area contributed by atoms with Crippen molar-refractivity contribution in [2.24, 2.45) is 0 Å². The molecule has 1 aliphatic heterocycles. The SMILES string of the molecule is CC(C)(C)c1cn(CC(=O)N2CCN(C(c3ccccc3)c3ccccc3)CC2)nn1.CC(C)(C)c1cn(CC(=O)NCc2ccccc2)nn1.CC(C)(C)c1cn(CCCCNC(=O)CCCc2ccc3ccc4cccc5ccc2c3c45)nn1. The van der Waals surface area contributed by atoms with Gasteiger partial charge in [0, 0.05) is 87.1 Å². The lowest BCUT2D eigenvalue weighted by atomic mass is 9.90. The summed E-state index contributed by atoms with van der Waals surface area (Å²) in [5.41, 5.74) is 7.65. The largest absolute Gasteiger partial charge is 0.356 e. The van der Waals surface area contributed by atoms with Gasteiger partial charge in [0.25, 0.3) is 0 Å². The van der Waals surface area contributed by atoms with Crippen molar-refractivity contribution in [3.05, 3.63) is 204 Å². The van der Waals surface area contributed by atoms with Crippen molar-refractivity contribution in [1.29, 1.82) is 0 Å². The van der Waals surface area contributed by atoms with Crippen LogP contribution in [0.4, 0.5) is 0 Å². The molecule has 16 heteroatoms. The average Bonchev–Trinajstić information content (AvgIpc) is 1.56. The Hall–Kier alpha value is -8.63. The van der Waals surface area contributed by atoms with E-state index in [1.165, 1.54) is 49.0 Å². The molecule has 7 aromatic carbocycles. The first-order valence-corrected chi connectivity index (χ1v) is 30.3. The van der Waals surface area contributed by atoms with E-state index < -0.39 is 0 Å². The fraction of sp³-hybridized carbons (Fsp3) is 0.386. The first kappa shape index (κ1) is 61.9. The van der Waals surface area contributed by atoms with Crippen LogP contribution in [0.2, 0.25) is 0 Å². The van der Waals surface area contributed by atoms with Crippen molar-refractivity contribution < 1.29 is 14.4 Å². The van der Waals surface area contributed by atoms with E-state index in [-0.39, 0.29) is 53.1 Å². The van der Waals surface area contributed by atoms with Gasteiger partial charge in [0.2, 0.25) is 17.7 Å². The van der Waals surface area contributed by atoms with E-state index in [1.807, 2.05) is 58.5 Å².